The first-order valence-electron chi connectivity index (χ1n) is 5.58. The Morgan fingerprint density at radius 3 is 2.75 bits per heavy atom. The zero-order chi connectivity index (χ0) is 12.2. The summed E-state index contributed by atoms with van der Waals surface area (Å²) in [6.45, 7) is 3.89. The molecule has 2 atom stereocenters. The van der Waals surface area contributed by atoms with E-state index in [-0.39, 0.29) is 10.6 Å². The third-order valence-electron chi connectivity index (χ3n) is 2.97. The van der Waals surface area contributed by atoms with Gasteiger partial charge in [0.1, 0.15) is 0 Å². The van der Waals surface area contributed by atoms with Crippen molar-refractivity contribution in [1.29, 1.82) is 0 Å². The number of hydrogen-bond acceptors (Lipinski definition) is 3. The lowest BCUT2D eigenvalue weighted by Gasteiger charge is -2.33. The number of nitrogens with zero attached hydrogens (tertiary/aromatic N) is 1. The number of halogens is 1. The van der Waals surface area contributed by atoms with Crippen molar-refractivity contribution in [3.8, 4) is 0 Å². The monoisotopic (exact) mass is 313 g/mol. The van der Waals surface area contributed by atoms with E-state index in [1.807, 2.05) is 0 Å². The Morgan fingerprint density at radius 2 is 2.19 bits per heavy atom. The molecule has 0 bridgehead atoms. The summed E-state index contributed by atoms with van der Waals surface area (Å²) in [6, 6.07) is 0. The molecule has 1 rings (SSSR count). The second-order valence-corrected chi connectivity index (χ2v) is 7.57. The largest absolute Gasteiger partial charge is 0.385 e. The molecule has 4 nitrogen and oxygen atoms in total. The number of rotatable bonds is 5. The van der Waals surface area contributed by atoms with Gasteiger partial charge in [-0.25, -0.2) is 12.7 Å². The summed E-state index contributed by atoms with van der Waals surface area (Å²) < 4.78 is 30.4. The van der Waals surface area contributed by atoms with Crippen LogP contribution in [0.2, 0.25) is 0 Å². The van der Waals surface area contributed by atoms with Crippen molar-refractivity contribution in [2.75, 3.05) is 32.6 Å². The molecule has 96 valence electrons. The van der Waals surface area contributed by atoms with Crippen LogP contribution in [0.4, 0.5) is 0 Å². The van der Waals surface area contributed by atoms with E-state index in [9.17, 15) is 8.42 Å². The van der Waals surface area contributed by atoms with Gasteiger partial charge in [0.05, 0.1) is 5.75 Å². The Morgan fingerprint density at radius 1 is 1.50 bits per heavy atom. The van der Waals surface area contributed by atoms with Crippen molar-refractivity contribution in [1.82, 2.24) is 4.31 Å². The lowest BCUT2D eigenvalue weighted by atomic mass is 10.0. The minimum Gasteiger partial charge on any atom is -0.385 e. The molecule has 0 aromatic carbocycles. The van der Waals surface area contributed by atoms with Crippen LogP contribution in [0.5, 0.6) is 0 Å². The van der Waals surface area contributed by atoms with Crippen LogP contribution in [0, 0.1) is 5.92 Å². The topological polar surface area (TPSA) is 46.6 Å². The summed E-state index contributed by atoms with van der Waals surface area (Å²) in [7, 11) is -1.50. The molecule has 0 saturated carbocycles. The number of methoxy groups -OCH3 is 1. The molecule has 1 heterocycles. The van der Waals surface area contributed by atoms with Gasteiger partial charge < -0.3 is 4.74 Å². The average molecular weight is 314 g/mol. The first kappa shape index (κ1) is 14.4. The van der Waals surface area contributed by atoms with Gasteiger partial charge in [0, 0.05) is 31.6 Å². The predicted octanol–water partition coefficient (Wildman–Crippen LogP) is 1.46. The quantitative estimate of drug-likeness (QED) is 0.570. The molecule has 1 aliphatic rings. The third-order valence-corrected chi connectivity index (χ3v) is 6.09. The van der Waals surface area contributed by atoms with Crippen LogP contribution in [-0.2, 0) is 14.8 Å². The van der Waals surface area contributed by atoms with Crippen LogP contribution in [0.25, 0.3) is 0 Å². The highest BCUT2D eigenvalue weighted by Crippen LogP contribution is 2.25. The molecular weight excluding hydrogens is 294 g/mol. The summed E-state index contributed by atoms with van der Waals surface area (Å²) in [5.74, 6) is 0.736. The van der Waals surface area contributed by atoms with E-state index in [2.05, 4.69) is 22.9 Å². The first-order valence-corrected chi connectivity index (χ1v) is 8.10. The Balaban J connectivity index is 2.49. The van der Waals surface area contributed by atoms with Gasteiger partial charge in [-0.05, 0) is 18.8 Å². The SMILES string of the molecule is COCCCS(=O)(=O)N1CCC(C)C(Br)C1. The van der Waals surface area contributed by atoms with Gasteiger partial charge in [-0.15, -0.1) is 0 Å². The first-order chi connectivity index (χ1) is 7.47. The van der Waals surface area contributed by atoms with Crippen LogP contribution in [0.15, 0.2) is 0 Å². The molecule has 6 heteroatoms. The standard InChI is InChI=1S/C10H20BrNO3S/c1-9-4-5-12(8-10(9)11)16(13,14)7-3-6-15-2/h9-10H,3-8H2,1-2H3. The Labute approximate surface area is 107 Å². The highest BCUT2D eigenvalue weighted by Gasteiger charge is 2.30. The maximum atomic E-state index is 12.0. The lowest BCUT2D eigenvalue weighted by molar-refractivity contribution is 0.199. The van der Waals surface area contributed by atoms with Crippen LogP contribution in [0.3, 0.4) is 0 Å². The molecular formula is C10H20BrNO3S. The normalized spacial score (nSPS) is 28.2. The molecule has 1 saturated heterocycles. The summed E-state index contributed by atoms with van der Waals surface area (Å²) in [4.78, 5) is 0.276. The van der Waals surface area contributed by atoms with Gasteiger partial charge in [0.15, 0.2) is 0 Å². The predicted molar refractivity (Wildman–Crippen MR) is 68.3 cm³/mol. The van der Waals surface area contributed by atoms with E-state index < -0.39 is 10.0 Å². The van der Waals surface area contributed by atoms with E-state index in [0.29, 0.717) is 32.0 Å². The molecule has 0 spiro atoms. The van der Waals surface area contributed by atoms with Crippen molar-refractivity contribution < 1.29 is 13.2 Å². The van der Waals surface area contributed by atoms with Crippen molar-refractivity contribution in [2.45, 2.75) is 24.6 Å². The maximum Gasteiger partial charge on any atom is 0.214 e. The molecule has 0 aromatic heterocycles. The third kappa shape index (κ3) is 3.98. The lowest BCUT2D eigenvalue weighted by Crippen LogP contribution is -2.44. The summed E-state index contributed by atoms with van der Waals surface area (Å²) in [6.07, 6.45) is 1.50. The maximum absolute atomic E-state index is 12.0. The summed E-state index contributed by atoms with van der Waals surface area (Å²) >= 11 is 3.54. The molecule has 0 radical (unpaired) electrons. The molecule has 1 aliphatic heterocycles. The second-order valence-electron chi connectivity index (χ2n) is 4.30. The van der Waals surface area contributed by atoms with Crippen molar-refractivity contribution in [2.24, 2.45) is 5.92 Å². The number of hydrogen-bond donors (Lipinski definition) is 0. The fourth-order valence-electron chi connectivity index (χ4n) is 1.76. The van der Waals surface area contributed by atoms with Gasteiger partial charge in [-0.3, -0.25) is 0 Å². The Kier molecular flexibility index (Phi) is 5.70. The van der Waals surface area contributed by atoms with E-state index in [4.69, 9.17) is 4.74 Å². The zero-order valence-corrected chi connectivity index (χ0v) is 12.3. The van der Waals surface area contributed by atoms with Crippen LogP contribution >= 0.6 is 15.9 Å². The number of ether oxygens (including phenoxy) is 1. The van der Waals surface area contributed by atoms with Gasteiger partial charge in [0.25, 0.3) is 0 Å². The van der Waals surface area contributed by atoms with E-state index >= 15 is 0 Å². The molecule has 1 fully saturated rings. The molecule has 2 unspecified atom stereocenters. The molecule has 16 heavy (non-hydrogen) atoms. The van der Waals surface area contributed by atoms with Crippen molar-refractivity contribution in [3.63, 3.8) is 0 Å². The van der Waals surface area contributed by atoms with Crippen molar-refractivity contribution in [3.05, 3.63) is 0 Å². The van der Waals surface area contributed by atoms with E-state index in [1.54, 1.807) is 11.4 Å². The molecule has 0 aliphatic carbocycles. The molecule has 0 aromatic rings. The highest BCUT2D eigenvalue weighted by molar-refractivity contribution is 9.09. The average Bonchev–Trinajstić information content (AvgIpc) is 2.22. The zero-order valence-electron chi connectivity index (χ0n) is 9.86. The van der Waals surface area contributed by atoms with Crippen LogP contribution in [0.1, 0.15) is 19.8 Å². The fraction of sp³-hybridized carbons (Fsp3) is 1.00. The number of piperidine rings is 1. The van der Waals surface area contributed by atoms with Gasteiger partial charge in [-0.1, -0.05) is 22.9 Å². The number of sulfonamides is 1. The minimum absolute atomic E-state index is 0.189. The Bertz CT molecular complexity index is 307. The smallest absolute Gasteiger partial charge is 0.214 e. The van der Waals surface area contributed by atoms with E-state index in [1.165, 1.54) is 0 Å². The summed E-state index contributed by atoms with van der Waals surface area (Å²) in [5, 5.41) is 0. The second kappa shape index (κ2) is 6.33. The van der Waals surface area contributed by atoms with Gasteiger partial charge >= 0.3 is 0 Å². The fourth-order valence-corrected chi connectivity index (χ4v) is 4.08. The van der Waals surface area contributed by atoms with Crippen LogP contribution < -0.4 is 0 Å². The molecule has 0 amide bonds. The Hall–Kier alpha value is 0.350. The van der Waals surface area contributed by atoms with Gasteiger partial charge in [0.2, 0.25) is 10.0 Å². The van der Waals surface area contributed by atoms with E-state index in [0.717, 1.165) is 6.42 Å². The highest BCUT2D eigenvalue weighted by atomic mass is 79.9. The van der Waals surface area contributed by atoms with Crippen LogP contribution in [-0.4, -0.2) is 50.1 Å². The number of alkyl halides is 1. The molecule has 0 N–H and O–H groups in total. The van der Waals surface area contributed by atoms with Crippen molar-refractivity contribution >= 4 is 26.0 Å². The van der Waals surface area contributed by atoms with Gasteiger partial charge in [-0.2, -0.15) is 0 Å². The minimum atomic E-state index is -3.09. The summed E-state index contributed by atoms with van der Waals surface area (Å²) in [5.41, 5.74) is 0.